The Bertz CT molecular complexity index is 1770. The van der Waals surface area contributed by atoms with Gasteiger partial charge in [0.2, 0.25) is 5.78 Å². The Balaban J connectivity index is 1.54. The van der Waals surface area contributed by atoms with Crippen LogP contribution in [0.15, 0.2) is 48.7 Å². The van der Waals surface area contributed by atoms with Gasteiger partial charge in [-0.05, 0) is 97.4 Å². The Morgan fingerprint density at radius 1 is 1.11 bits per heavy atom. The second-order valence-electron chi connectivity index (χ2n) is 14.1. The minimum Gasteiger partial charge on any atom is -0.490 e. The van der Waals surface area contributed by atoms with Crippen LogP contribution in [0.1, 0.15) is 84.1 Å². The Morgan fingerprint density at radius 2 is 1.83 bits per heavy atom. The maximum atomic E-state index is 15.5. The van der Waals surface area contributed by atoms with Crippen LogP contribution in [0.2, 0.25) is 0 Å². The Hall–Kier alpha value is -4.02. The van der Waals surface area contributed by atoms with Crippen molar-refractivity contribution in [3.63, 3.8) is 0 Å². The van der Waals surface area contributed by atoms with E-state index in [1.807, 2.05) is 75.5 Å². The van der Waals surface area contributed by atoms with Gasteiger partial charge in [0.15, 0.2) is 6.10 Å². The summed E-state index contributed by atoms with van der Waals surface area (Å²) in [5, 5.41) is 10.5. The van der Waals surface area contributed by atoms with Crippen LogP contribution in [0.25, 0.3) is 28.2 Å². The third kappa shape index (κ3) is 6.99. The van der Waals surface area contributed by atoms with Crippen LogP contribution < -0.4 is 9.64 Å². The monoisotopic (exact) mass is 644 g/mol. The molecule has 2 aromatic carbocycles. The predicted molar refractivity (Wildman–Crippen MR) is 180 cm³/mol. The molecule has 0 amide bonds. The summed E-state index contributed by atoms with van der Waals surface area (Å²) in [4.78, 5) is 24.7. The molecule has 0 spiro atoms. The molecule has 0 saturated carbocycles. The molecule has 1 fully saturated rings. The smallest absolute Gasteiger partial charge is 0.337 e. The highest BCUT2D eigenvalue weighted by atomic mass is 19.1. The normalized spacial score (nSPS) is 21.3. The summed E-state index contributed by atoms with van der Waals surface area (Å²) >= 11 is 0. The highest BCUT2D eigenvalue weighted by molar-refractivity contribution is 5.79. The zero-order valence-electron chi connectivity index (χ0n) is 28.2. The third-order valence-electron chi connectivity index (χ3n) is 9.10. The molecule has 2 aromatic heterocycles. The fourth-order valence-electron chi connectivity index (χ4n) is 6.64. The van der Waals surface area contributed by atoms with E-state index in [4.69, 9.17) is 24.2 Å². The van der Waals surface area contributed by atoms with E-state index in [0.717, 1.165) is 37.7 Å². The Kier molecular flexibility index (Phi) is 9.02. The largest absolute Gasteiger partial charge is 0.490 e. The van der Waals surface area contributed by atoms with Crippen molar-refractivity contribution in [2.45, 2.75) is 97.1 Å². The van der Waals surface area contributed by atoms with Crippen molar-refractivity contribution in [1.29, 1.82) is 0 Å². The number of aromatic nitrogens is 3. The SMILES string of the molecule is Cc1nc2nc3cn2c(c1[C@H](OC(C)(C)C)C(=O)O)N1CCC(C)(CC1)OCCCC[C@H](C)Oc1cccc(F)c1-c1cccc-3c1. The van der Waals surface area contributed by atoms with Gasteiger partial charge in [0.25, 0.3) is 0 Å². The summed E-state index contributed by atoms with van der Waals surface area (Å²) in [6.45, 7) is 13.5. The summed E-state index contributed by atoms with van der Waals surface area (Å²) in [5.41, 5.74) is 2.51. The number of anilines is 1. The van der Waals surface area contributed by atoms with E-state index in [-0.39, 0.29) is 17.5 Å². The number of fused-ring (bicyclic) bond motifs is 8. The number of carbonyl (C=O) groups is 1. The minimum atomic E-state index is -1.24. The number of carboxylic acids is 1. The molecule has 6 bridgehead atoms. The maximum absolute atomic E-state index is 15.5. The molecule has 1 N–H and O–H groups in total. The second kappa shape index (κ2) is 12.9. The zero-order chi connectivity index (χ0) is 33.5. The van der Waals surface area contributed by atoms with Crippen LogP contribution in [0.3, 0.4) is 0 Å². The molecular formula is C37H45FN4O5. The van der Waals surface area contributed by atoms with Gasteiger partial charge >= 0.3 is 5.97 Å². The van der Waals surface area contributed by atoms with Crippen molar-refractivity contribution in [3.8, 4) is 28.1 Å². The lowest BCUT2D eigenvalue weighted by Crippen LogP contribution is -2.45. The molecule has 3 aliphatic heterocycles. The van der Waals surface area contributed by atoms with E-state index in [0.29, 0.717) is 65.1 Å². The topological polar surface area (TPSA) is 98.4 Å². The van der Waals surface area contributed by atoms with Gasteiger partial charge in [0, 0.05) is 31.5 Å². The summed E-state index contributed by atoms with van der Waals surface area (Å²) in [7, 11) is 0. The number of benzene rings is 2. The van der Waals surface area contributed by atoms with Crippen molar-refractivity contribution in [2.75, 3.05) is 24.6 Å². The molecule has 2 atom stereocenters. The quantitative estimate of drug-likeness (QED) is 0.242. The average molecular weight is 645 g/mol. The number of imidazole rings is 1. The summed E-state index contributed by atoms with van der Waals surface area (Å²) in [6.07, 6.45) is 4.74. The van der Waals surface area contributed by atoms with Gasteiger partial charge in [0.1, 0.15) is 17.4 Å². The number of aryl methyl sites for hydroxylation is 1. The molecule has 9 nitrogen and oxygen atoms in total. The molecule has 10 heteroatoms. The van der Waals surface area contributed by atoms with Crippen LogP contribution in [0.5, 0.6) is 5.75 Å². The van der Waals surface area contributed by atoms with Crippen molar-refractivity contribution < 1.29 is 28.5 Å². The number of carboxylic acid groups (broad SMARTS) is 1. The molecule has 0 aliphatic carbocycles. The lowest BCUT2D eigenvalue weighted by molar-refractivity contribution is -0.160. The maximum Gasteiger partial charge on any atom is 0.337 e. The summed E-state index contributed by atoms with van der Waals surface area (Å²) < 4.78 is 36.3. The van der Waals surface area contributed by atoms with Gasteiger partial charge < -0.3 is 24.2 Å². The van der Waals surface area contributed by atoms with E-state index in [9.17, 15) is 9.90 Å². The van der Waals surface area contributed by atoms with E-state index < -0.39 is 17.7 Å². The molecule has 4 aromatic rings. The molecular weight excluding hydrogens is 599 g/mol. The number of ether oxygens (including phenoxy) is 3. The Labute approximate surface area is 275 Å². The van der Waals surface area contributed by atoms with Gasteiger partial charge in [-0.2, -0.15) is 0 Å². The fraction of sp³-hybridized carbons (Fsp3) is 0.486. The number of hydrogen-bond acceptors (Lipinski definition) is 7. The van der Waals surface area contributed by atoms with Crippen LogP contribution in [0.4, 0.5) is 10.2 Å². The summed E-state index contributed by atoms with van der Waals surface area (Å²) in [6, 6.07) is 12.5. The molecule has 47 heavy (non-hydrogen) atoms. The molecule has 7 rings (SSSR count). The van der Waals surface area contributed by atoms with E-state index in [1.165, 1.54) is 6.07 Å². The van der Waals surface area contributed by atoms with Gasteiger partial charge in [-0.15, -0.1) is 0 Å². The predicted octanol–water partition coefficient (Wildman–Crippen LogP) is 7.78. The first-order valence-electron chi connectivity index (χ1n) is 16.6. The van der Waals surface area contributed by atoms with E-state index in [2.05, 4.69) is 11.8 Å². The number of aliphatic carboxylic acids is 1. The Morgan fingerprint density at radius 3 is 2.55 bits per heavy atom. The lowest BCUT2D eigenvalue weighted by Gasteiger charge is -2.41. The lowest BCUT2D eigenvalue weighted by atomic mass is 9.92. The van der Waals surface area contributed by atoms with Crippen molar-refractivity contribution in [1.82, 2.24) is 14.4 Å². The first kappa shape index (κ1) is 32.9. The van der Waals surface area contributed by atoms with Crippen molar-refractivity contribution in [3.05, 3.63) is 65.7 Å². The van der Waals surface area contributed by atoms with Crippen LogP contribution in [-0.2, 0) is 14.3 Å². The molecule has 0 radical (unpaired) electrons. The van der Waals surface area contributed by atoms with Gasteiger partial charge in [0.05, 0.1) is 39.8 Å². The number of hydrogen-bond donors (Lipinski definition) is 1. The molecule has 250 valence electrons. The molecule has 5 heterocycles. The third-order valence-corrected chi connectivity index (χ3v) is 9.10. The van der Waals surface area contributed by atoms with Crippen LogP contribution >= 0.6 is 0 Å². The van der Waals surface area contributed by atoms with E-state index in [1.54, 1.807) is 6.07 Å². The van der Waals surface area contributed by atoms with Gasteiger partial charge in [-0.3, -0.25) is 4.40 Å². The number of nitrogens with zero attached hydrogens (tertiary/aromatic N) is 4. The first-order valence-corrected chi connectivity index (χ1v) is 16.6. The molecule has 3 aliphatic rings. The van der Waals surface area contributed by atoms with Crippen molar-refractivity contribution in [2.24, 2.45) is 0 Å². The van der Waals surface area contributed by atoms with E-state index >= 15 is 4.39 Å². The minimum absolute atomic E-state index is 0.0968. The summed E-state index contributed by atoms with van der Waals surface area (Å²) in [5.74, 6) is 0.199. The number of piperidine rings is 1. The van der Waals surface area contributed by atoms with Gasteiger partial charge in [-0.1, -0.05) is 24.3 Å². The fourth-order valence-corrected chi connectivity index (χ4v) is 6.64. The number of rotatable bonds is 3. The second-order valence-corrected chi connectivity index (χ2v) is 14.1. The highest BCUT2D eigenvalue weighted by Gasteiger charge is 2.37. The van der Waals surface area contributed by atoms with Crippen molar-refractivity contribution >= 4 is 17.6 Å². The molecule has 0 unspecified atom stereocenters. The average Bonchev–Trinajstić information content (AvgIpc) is 3.43. The zero-order valence-corrected chi connectivity index (χ0v) is 28.2. The van der Waals surface area contributed by atoms with Crippen LogP contribution in [-0.4, -0.2) is 62.4 Å². The highest BCUT2D eigenvalue weighted by Crippen LogP contribution is 2.40. The standard InChI is InChI=1S/C37H45FN4O5/c1-23-11-7-8-20-45-37(6)16-18-41(19-17-37)33-30(32(34(43)44)47-36(3,4)5)24(2)39-35-40-28(22-42(33)35)25-12-9-13-26(21-25)31-27(38)14-10-15-29(31)46-23/h9-10,12-15,21-23,32H,7-8,11,16-20H2,1-6H3,(H,43,44)/t23-,32-/m0/s1. The first-order chi connectivity index (χ1) is 22.3. The van der Waals surface area contributed by atoms with Gasteiger partial charge in [-0.25, -0.2) is 19.2 Å². The molecule has 1 saturated heterocycles. The number of halogens is 1. The van der Waals surface area contributed by atoms with Crippen LogP contribution in [0, 0.1) is 12.7 Å².